The van der Waals surface area contributed by atoms with Gasteiger partial charge in [-0.3, -0.25) is 4.79 Å². The fourth-order valence-corrected chi connectivity index (χ4v) is 4.89. The highest BCUT2D eigenvalue weighted by atomic mass is 16.1. The molecule has 3 atom stereocenters. The molecule has 22 heavy (non-hydrogen) atoms. The molecule has 3 aliphatic rings. The first kappa shape index (κ1) is 12.4. The number of ketones is 1. The average molecular weight is 286 g/mol. The SMILES string of the molecule is O=C1c2ccccc2C2CC=C3CCc4ccccc4C3C12. The quantitative estimate of drug-likeness (QED) is 0.645. The summed E-state index contributed by atoms with van der Waals surface area (Å²) in [6.07, 6.45) is 5.70. The molecule has 0 fully saturated rings. The van der Waals surface area contributed by atoms with Gasteiger partial charge in [-0.2, -0.15) is 0 Å². The van der Waals surface area contributed by atoms with Crippen LogP contribution in [0.4, 0.5) is 0 Å². The summed E-state index contributed by atoms with van der Waals surface area (Å²) < 4.78 is 0. The van der Waals surface area contributed by atoms with Gasteiger partial charge in [0.2, 0.25) is 0 Å². The Labute approximate surface area is 130 Å². The zero-order valence-electron chi connectivity index (χ0n) is 12.5. The third kappa shape index (κ3) is 1.51. The lowest BCUT2D eigenvalue weighted by molar-refractivity contribution is 0.0903. The van der Waals surface area contributed by atoms with Gasteiger partial charge in [0.05, 0.1) is 0 Å². The summed E-state index contributed by atoms with van der Waals surface area (Å²) in [5, 5.41) is 0. The number of aryl methyl sites for hydroxylation is 1. The number of allylic oxidation sites excluding steroid dienone is 2. The molecule has 1 nitrogen and oxygen atoms in total. The second-order valence-corrected chi connectivity index (χ2v) is 6.78. The van der Waals surface area contributed by atoms with E-state index in [9.17, 15) is 4.79 Å². The zero-order chi connectivity index (χ0) is 14.7. The van der Waals surface area contributed by atoms with Crippen molar-refractivity contribution in [2.75, 3.05) is 0 Å². The highest BCUT2D eigenvalue weighted by Crippen LogP contribution is 2.55. The summed E-state index contributed by atoms with van der Waals surface area (Å²) in [6, 6.07) is 17.0. The van der Waals surface area contributed by atoms with E-state index in [0.717, 1.165) is 24.8 Å². The number of fused-ring (bicyclic) bond motifs is 7. The van der Waals surface area contributed by atoms with E-state index in [1.165, 1.54) is 22.3 Å². The van der Waals surface area contributed by atoms with Crippen molar-refractivity contribution in [2.24, 2.45) is 5.92 Å². The van der Waals surface area contributed by atoms with Crippen LogP contribution >= 0.6 is 0 Å². The van der Waals surface area contributed by atoms with Crippen LogP contribution < -0.4 is 0 Å². The van der Waals surface area contributed by atoms with Crippen molar-refractivity contribution in [3.05, 3.63) is 82.4 Å². The molecule has 0 bridgehead atoms. The third-order valence-corrected chi connectivity index (χ3v) is 5.83. The summed E-state index contributed by atoms with van der Waals surface area (Å²) in [7, 11) is 0. The molecule has 0 saturated heterocycles. The van der Waals surface area contributed by atoms with Gasteiger partial charge in [0.1, 0.15) is 0 Å². The number of carbonyl (C=O) groups excluding carboxylic acids is 1. The first-order valence-electron chi connectivity index (χ1n) is 8.24. The van der Waals surface area contributed by atoms with E-state index in [2.05, 4.69) is 42.5 Å². The van der Waals surface area contributed by atoms with E-state index in [-0.39, 0.29) is 5.92 Å². The number of hydrogen-bond acceptors (Lipinski definition) is 1. The minimum absolute atomic E-state index is 0.124. The molecule has 1 heteroatoms. The summed E-state index contributed by atoms with van der Waals surface area (Å²) in [5.74, 6) is 1.18. The smallest absolute Gasteiger partial charge is 0.167 e. The first-order chi connectivity index (χ1) is 10.8. The molecule has 0 N–H and O–H groups in total. The summed E-state index contributed by atoms with van der Waals surface area (Å²) in [5.41, 5.74) is 6.58. The zero-order valence-corrected chi connectivity index (χ0v) is 12.5. The molecule has 0 radical (unpaired) electrons. The Bertz CT molecular complexity index is 814. The largest absolute Gasteiger partial charge is 0.294 e. The lowest BCUT2D eigenvalue weighted by Gasteiger charge is -2.38. The molecule has 2 aromatic rings. The van der Waals surface area contributed by atoms with Crippen molar-refractivity contribution < 1.29 is 4.79 Å². The fraction of sp³-hybridized carbons (Fsp3) is 0.286. The van der Waals surface area contributed by atoms with E-state index in [0.29, 0.717) is 17.6 Å². The monoisotopic (exact) mass is 286 g/mol. The molecule has 0 aromatic heterocycles. The van der Waals surface area contributed by atoms with Crippen LogP contribution in [0, 0.1) is 5.92 Å². The Kier molecular flexibility index (Phi) is 2.49. The molecule has 5 rings (SSSR count). The van der Waals surface area contributed by atoms with Crippen molar-refractivity contribution in [2.45, 2.75) is 31.1 Å². The number of rotatable bonds is 0. The molecule has 3 aliphatic carbocycles. The standard InChI is InChI=1S/C21H18O/c22-21-18-8-4-3-7-16(18)17-12-11-14-10-9-13-5-1-2-6-15(13)19(14)20(17)21/h1-8,11,17,19-20H,9-10,12H2. The van der Waals surface area contributed by atoms with Crippen LogP contribution in [0.15, 0.2) is 60.2 Å². The van der Waals surface area contributed by atoms with E-state index in [1.54, 1.807) is 0 Å². The van der Waals surface area contributed by atoms with E-state index >= 15 is 0 Å². The number of hydrogen-bond donors (Lipinski definition) is 0. The maximum absolute atomic E-state index is 13.1. The van der Waals surface area contributed by atoms with Crippen LogP contribution in [0.25, 0.3) is 0 Å². The van der Waals surface area contributed by atoms with Gasteiger partial charge in [0.25, 0.3) is 0 Å². The summed E-state index contributed by atoms with van der Waals surface area (Å²) in [6.45, 7) is 0. The Balaban J connectivity index is 1.70. The van der Waals surface area contributed by atoms with E-state index in [4.69, 9.17) is 0 Å². The maximum atomic E-state index is 13.1. The Morgan fingerprint density at radius 1 is 0.864 bits per heavy atom. The lowest BCUT2D eigenvalue weighted by atomic mass is 9.65. The van der Waals surface area contributed by atoms with Gasteiger partial charge in [0, 0.05) is 17.4 Å². The fourth-order valence-electron chi connectivity index (χ4n) is 4.89. The van der Waals surface area contributed by atoms with Crippen LogP contribution in [0.5, 0.6) is 0 Å². The molecule has 0 amide bonds. The van der Waals surface area contributed by atoms with Crippen LogP contribution in [0.1, 0.15) is 51.7 Å². The minimum atomic E-state index is 0.124. The predicted octanol–water partition coefficient (Wildman–Crippen LogP) is 4.64. The molecule has 0 aliphatic heterocycles. The molecule has 0 spiro atoms. The summed E-state index contributed by atoms with van der Waals surface area (Å²) >= 11 is 0. The third-order valence-electron chi connectivity index (χ3n) is 5.83. The van der Waals surface area contributed by atoms with Crippen LogP contribution in [0.3, 0.4) is 0 Å². The van der Waals surface area contributed by atoms with Gasteiger partial charge < -0.3 is 0 Å². The average Bonchev–Trinajstić information content (AvgIpc) is 2.88. The Morgan fingerprint density at radius 3 is 2.55 bits per heavy atom. The van der Waals surface area contributed by atoms with E-state index < -0.39 is 0 Å². The first-order valence-corrected chi connectivity index (χ1v) is 8.24. The van der Waals surface area contributed by atoms with Crippen molar-refractivity contribution in [1.82, 2.24) is 0 Å². The highest BCUT2D eigenvalue weighted by molar-refractivity contribution is 6.04. The maximum Gasteiger partial charge on any atom is 0.167 e. The summed E-state index contributed by atoms with van der Waals surface area (Å²) in [4.78, 5) is 13.1. The number of carbonyl (C=O) groups is 1. The van der Waals surface area contributed by atoms with Crippen molar-refractivity contribution >= 4 is 5.78 Å². The van der Waals surface area contributed by atoms with Gasteiger partial charge in [-0.1, -0.05) is 60.2 Å². The predicted molar refractivity (Wildman–Crippen MR) is 87.2 cm³/mol. The topological polar surface area (TPSA) is 17.1 Å². The Morgan fingerprint density at radius 2 is 1.64 bits per heavy atom. The highest BCUT2D eigenvalue weighted by Gasteiger charge is 2.48. The van der Waals surface area contributed by atoms with Gasteiger partial charge in [-0.25, -0.2) is 0 Å². The molecule has 0 saturated carbocycles. The Hall–Kier alpha value is -2.15. The van der Waals surface area contributed by atoms with Crippen molar-refractivity contribution in [3.8, 4) is 0 Å². The molecular formula is C21H18O. The lowest BCUT2D eigenvalue weighted by Crippen LogP contribution is -2.30. The second-order valence-electron chi connectivity index (χ2n) is 6.78. The molecule has 2 aromatic carbocycles. The van der Waals surface area contributed by atoms with Crippen molar-refractivity contribution in [1.29, 1.82) is 0 Å². The number of benzene rings is 2. The minimum Gasteiger partial charge on any atom is -0.294 e. The van der Waals surface area contributed by atoms with Gasteiger partial charge >= 0.3 is 0 Å². The molecule has 0 heterocycles. The van der Waals surface area contributed by atoms with Gasteiger partial charge in [-0.15, -0.1) is 0 Å². The van der Waals surface area contributed by atoms with Gasteiger partial charge in [-0.05, 0) is 41.9 Å². The second kappa shape index (κ2) is 4.42. The molecular weight excluding hydrogens is 268 g/mol. The van der Waals surface area contributed by atoms with Crippen LogP contribution in [-0.4, -0.2) is 5.78 Å². The van der Waals surface area contributed by atoms with Gasteiger partial charge in [0.15, 0.2) is 5.78 Å². The van der Waals surface area contributed by atoms with Crippen molar-refractivity contribution in [3.63, 3.8) is 0 Å². The number of Topliss-reactive ketones (excluding diaryl/α,β-unsaturated/α-hetero) is 1. The molecule has 108 valence electrons. The van der Waals surface area contributed by atoms with E-state index in [1.807, 2.05) is 12.1 Å². The normalized spacial score (nSPS) is 28.3. The van der Waals surface area contributed by atoms with Crippen LogP contribution in [-0.2, 0) is 6.42 Å². The van der Waals surface area contributed by atoms with Crippen LogP contribution in [0.2, 0.25) is 0 Å². The molecule has 3 unspecified atom stereocenters.